The molecule has 1 aromatic carbocycles. The van der Waals surface area contributed by atoms with Gasteiger partial charge in [-0.25, -0.2) is 4.79 Å². The second kappa shape index (κ2) is 5.33. The zero-order chi connectivity index (χ0) is 15.0. The molecular formula is C14H12F2O5. The van der Waals surface area contributed by atoms with Gasteiger partial charge in [0.15, 0.2) is 11.3 Å². The van der Waals surface area contributed by atoms with E-state index in [9.17, 15) is 18.7 Å². The second-order valence-corrected chi connectivity index (χ2v) is 4.75. The minimum absolute atomic E-state index is 0.00144. The van der Waals surface area contributed by atoms with Crippen LogP contribution in [0.25, 0.3) is 11.0 Å². The molecule has 0 radical (unpaired) electrons. The van der Waals surface area contributed by atoms with E-state index >= 15 is 0 Å². The summed E-state index contributed by atoms with van der Waals surface area (Å²) in [5.74, 6) is -0.803. The van der Waals surface area contributed by atoms with Crippen LogP contribution in [0.1, 0.15) is 28.5 Å². The third kappa shape index (κ3) is 2.56. The number of furan rings is 1. The number of carboxylic acid groups (broad SMARTS) is 1. The molecule has 1 aliphatic rings. The first kappa shape index (κ1) is 13.8. The van der Waals surface area contributed by atoms with Crippen molar-refractivity contribution in [1.29, 1.82) is 0 Å². The van der Waals surface area contributed by atoms with E-state index in [-0.39, 0.29) is 28.2 Å². The second-order valence-electron chi connectivity index (χ2n) is 4.75. The van der Waals surface area contributed by atoms with Crippen LogP contribution in [0.3, 0.4) is 0 Å². The van der Waals surface area contributed by atoms with Crippen molar-refractivity contribution < 1.29 is 32.6 Å². The lowest BCUT2D eigenvalue weighted by Crippen LogP contribution is -2.03. The summed E-state index contributed by atoms with van der Waals surface area (Å²) in [5, 5.41) is 9.43. The summed E-state index contributed by atoms with van der Waals surface area (Å²) in [7, 11) is 0. The van der Waals surface area contributed by atoms with Crippen molar-refractivity contribution in [3.63, 3.8) is 0 Å². The molecule has 0 amide bonds. The average Bonchev–Trinajstić information content (AvgIpc) is 3.07. The molecule has 2 aromatic rings. The Morgan fingerprint density at radius 2 is 2.24 bits per heavy atom. The Bertz CT molecular complexity index is 673. The van der Waals surface area contributed by atoms with Crippen molar-refractivity contribution in [1.82, 2.24) is 0 Å². The van der Waals surface area contributed by atoms with Crippen LogP contribution in [-0.4, -0.2) is 30.9 Å². The number of fused-ring (bicyclic) bond motifs is 1. The number of halogens is 2. The van der Waals surface area contributed by atoms with Gasteiger partial charge in [-0.1, -0.05) is 0 Å². The Balaban J connectivity index is 2.13. The topological polar surface area (TPSA) is 68.9 Å². The summed E-state index contributed by atoms with van der Waals surface area (Å²) in [6.07, 6.45) is 0.743. The van der Waals surface area contributed by atoms with Crippen molar-refractivity contribution in [3.05, 3.63) is 29.5 Å². The van der Waals surface area contributed by atoms with Crippen LogP contribution < -0.4 is 4.74 Å². The van der Waals surface area contributed by atoms with Crippen molar-refractivity contribution in [2.24, 2.45) is 0 Å². The summed E-state index contributed by atoms with van der Waals surface area (Å²) in [5.41, 5.74) is 0.0117. The van der Waals surface area contributed by atoms with Crippen LogP contribution in [0.4, 0.5) is 8.78 Å². The predicted molar refractivity (Wildman–Crippen MR) is 68.0 cm³/mol. The Hall–Kier alpha value is -2.15. The highest BCUT2D eigenvalue weighted by atomic mass is 19.3. The first-order valence-corrected chi connectivity index (χ1v) is 6.38. The lowest BCUT2D eigenvalue weighted by molar-refractivity contribution is -0.0494. The van der Waals surface area contributed by atoms with Gasteiger partial charge in [-0.15, -0.1) is 0 Å². The van der Waals surface area contributed by atoms with E-state index in [1.54, 1.807) is 6.07 Å². The molecule has 1 unspecified atom stereocenters. The smallest absolute Gasteiger partial charge is 0.387 e. The SMILES string of the molecule is O=C(O)c1ccc(OC(F)F)c2oc(C3CCOC3)cc12. The van der Waals surface area contributed by atoms with Crippen LogP contribution in [0.5, 0.6) is 5.75 Å². The molecule has 2 heterocycles. The summed E-state index contributed by atoms with van der Waals surface area (Å²) in [4.78, 5) is 11.2. The summed E-state index contributed by atoms with van der Waals surface area (Å²) < 4.78 is 40.0. The van der Waals surface area contributed by atoms with Crippen LogP contribution in [-0.2, 0) is 4.74 Å². The Morgan fingerprint density at radius 1 is 1.43 bits per heavy atom. The quantitative estimate of drug-likeness (QED) is 0.938. The maximum atomic E-state index is 12.4. The maximum absolute atomic E-state index is 12.4. The molecule has 0 bridgehead atoms. The first-order valence-electron chi connectivity index (χ1n) is 6.38. The van der Waals surface area contributed by atoms with E-state index < -0.39 is 12.6 Å². The standard InChI is InChI=1S/C14H12F2O5/c15-14(16)21-10-2-1-8(13(17)18)9-5-11(20-12(9)10)7-3-4-19-6-7/h1-2,5,7,14H,3-4,6H2,(H,17,18). The normalized spacial score (nSPS) is 18.5. The molecule has 0 aliphatic carbocycles. The molecule has 21 heavy (non-hydrogen) atoms. The minimum Gasteiger partial charge on any atom is -0.478 e. The fourth-order valence-corrected chi connectivity index (χ4v) is 2.45. The zero-order valence-electron chi connectivity index (χ0n) is 10.8. The van der Waals surface area contributed by atoms with Crippen LogP contribution in [0.2, 0.25) is 0 Å². The Morgan fingerprint density at radius 3 is 2.86 bits per heavy atom. The van der Waals surface area contributed by atoms with Gasteiger partial charge in [-0.2, -0.15) is 8.78 Å². The fourth-order valence-electron chi connectivity index (χ4n) is 2.45. The van der Waals surface area contributed by atoms with Gasteiger partial charge in [0.05, 0.1) is 12.2 Å². The van der Waals surface area contributed by atoms with E-state index in [0.717, 1.165) is 6.42 Å². The highest BCUT2D eigenvalue weighted by Gasteiger charge is 2.25. The number of benzene rings is 1. The van der Waals surface area contributed by atoms with Gasteiger partial charge < -0.3 is 19.0 Å². The molecule has 112 valence electrons. The molecule has 7 heteroatoms. The van der Waals surface area contributed by atoms with Crippen molar-refractivity contribution in [2.75, 3.05) is 13.2 Å². The Labute approximate surface area is 118 Å². The molecular weight excluding hydrogens is 286 g/mol. The van der Waals surface area contributed by atoms with E-state index in [2.05, 4.69) is 4.74 Å². The number of hydrogen-bond acceptors (Lipinski definition) is 4. The monoisotopic (exact) mass is 298 g/mol. The van der Waals surface area contributed by atoms with E-state index in [1.165, 1.54) is 12.1 Å². The lowest BCUT2D eigenvalue weighted by Gasteiger charge is -2.06. The largest absolute Gasteiger partial charge is 0.478 e. The predicted octanol–water partition coefficient (Wildman–Crippen LogP) is 3.24. The molecule has 0 saturated carbocycles. The van der Waals surface area contributed by atoms with Gasteiger partial charge in [0.2, 0.25) is 0 Å². The molecule has 1 saturated heterocycles. The minimum atomic E-state index is -3.01. The average molecular weight is 298 g/mol. The van der Waals surface area contributed by atoms with E-state index in [4.69, 9.17) is 9.15 Å². The third-order valence-corrected chi connectivity index (χ3v) is 3.44. The highest BCUT2D eigenvalue weighted by molar-refractivity contribution is 6.04. The number of aromatic carboxylic acids is 1. The molecule has 5 nitrogen and oxygen atoms in total. The van der Waals surface area contributed by atoms with Gasteiger partial charge >= 0.3 is 12.6 Å². The number of carboxylic acids is 1. The highest BCUT2D eigenvalue weighted by Crippen LogP contribution is 2.37. The summed E-state index contributed by atoms with van der Waals surface area (Å²) in [6, 6.07) is 3.97. The van der Waals surface area contributed by atoms with Crippen LogP contribution in [0, 0.1) is 0 Å². The molecule has 3 rings (SSSR count). The van der Waals surface area contributed by atoms with Gasteiger partial charge in [0.25, 0.3) is 0 Å². The van der Waals surface area contributed by atoms with E-state index in [0.29, 0.717) is 19.0 Å². The van der Waals surface area contributed by atoms with Gasteiger partial charge in [-0.3, -0.25) is 0 Å². The van der Waals surface area contributed by atoms with Crippen molar-refractivity contribution in [3.8, 4) is 5.75 Å². The maximum Gasteiger partial charge on any atom is 0.387 e. The fraction of sp³-hybridized carbons (Fsp3) is 0.357. The zero-order valence-corrected chi connectivity index (χ0v) is 10.8. The Kier molecular flexibility index (Phi) is 3.50. The van der Waals surface area contributed by atoms with E-state index in [1.807, 2.05) is 0 Å². The molecule has 1 N–H and O–H groups in total. The van der Waals surface area contributed by atoms with Gasteiger partial charge in [0, 0.05) is 17.9 Å². The number of ether oxygens (including phenoxy) is 2. The number of carbonyl (C=O) groups is 1. The molecule has 1 fully saturated rings. The lowest BCUT2D eigenvalue weighted by atomic mass is 10.0. The molecule has 1 aliphatic heterocycles. The van der Waals surface area contributed by atoms with Crippen LogP contribution >= 0.6 is 0 Å². The molecule has 0 spiro atoms. The summed E-state index contributed by atoms with van der Waals surface area (Å²) >= 11 is 0. The molecule has 1 aromatic heterocycles. The van der Waals surface area contributed by atoms with Crippen LogP contribution in [0.15, 0.2) is 22.6 Å². The van der Waals surface area contributed by atoms with Gasteiger partial charge in [0.1, 0.15) is 5.76 Å². The molecule has 1 atom stereocenters. The summed E-state index contributed by atoms with van der Waals surface area (Å²) in [6.45, 7) is -1.95. The third-order valence-electron chi connectivity index (χ3n) is 3.44. The first-order chi connectivity index (χ1) is 10.1. The van der Waals surface area contributed by atoms with Crippen molar-refractivity contribution >= 4 is 16.9 Å². The number of rotatable bonds is 4. The number of alkyl halides is 2. The van der Waals surface area contributed by atoms with Gasteiger partial charge in [-0.05, 0) is 24.6 Å². The van der Waals surface area contributed by atoms with Crippen molar-refractivity contribution in [2.45, 2.75) is 19.0 Å². The number of hydrogen-bond donors (Lipinski definition) is 1.